The zero-order valence-electron chi connectivity index (χ0n) is 9.33. The predicted octanol–water partition coefficient (Wildman–Crippen LogP) is 0.219. The molecule has 0 radical (unpaired) electrons. The quantitative estimate of drug-likeness (QED) is 0.666. The molecule has 19 heavy (non-hydrogen) atoms. The zero-order chi connectivity index (χ0) is 14.5. The first-order chi connectivity index (χ1) is 8.57. The van der Waals surface area contributed by atoms with Crippen LogP contribution in [-0.2, 0) is 20.2 Å². The number of benzene rings is 1. The van der Waals surface area contributed by atoms with Crippen molar-refractivity contribution in [2.24, 2.45) is 0 Å². The number of hydrogen-bond donors (Lipinski definition) is 3. The molecule has 0 aromatic heterocycles. The molecule has 1 aliphatic carbocycles. The van der Waals surface area contributed by atoms with Crippen LogP contribution in [0.1, 0.15) is 16.4 Å². The normalized spacial score (nSPS) is 27.0. The lowest BCUT2D eigenvalue weighted by Gasteiger charge is -2.32. The van der Waals surface area contributed by atoms with Crippen molar-refractivity contribution in [2.45, 2.75) is 10.2 Å². The van der Waals surface area contributed by atoms with Gasteiger partial charge in [0.25, 0.3) is 10.1 Å². The minimum Gasteiger partial charge on any atom is -0.368 e. The van der Waals surface area contributed by atoms with E-state index in [1.54, 1.807) is 6.07 Å². The summed E-state index contributed by atoms with van der Waals surface area (Å²) in [6.07, 6.45) is 1.79. The van der Waals surface area contributed by atoms with Crippen molar-refractivity contribution in [1.29, 1.82) is 0 Å². The molecule has 0 fully saturated rings. The Hall–Kier alpha value is -1.26. The predicted molar refractivity (Wildman–Crippen MR) is 66.3 cm³/mol. The molecule has 0 spiro atoms. The first-order valence-corrected chi connectivity index (χ1v) is 7.95. The Balaban J connectivity index is 2.83. The second-order valence-corrected chi connectivity index (χ2v) is 7.19. The zero-order valence-corrected chi connectivity index (χ0v) is 11.0. The van der Waals surface area contributed by atoms with E-state index in [0.29, 0.717) is 11.6 Å². The molecule has 0 saturated carbocycles. The van der Waals surface area contributed by atoms with Gasteiger partial charge in [0.2, 0.25) is 4.93 Å². The van der Waals surface area contributed by atoms with E-state index in [1.807, 2.05) is 0 Å². The van der Waals surface area contributed by atoms with Crippen LogP contribution in [0.5, 0.6) is 0 Å². The molecule has 2 atom stereocenters. The van der Waals surface area contributed by atoms with E-state index in [-0.39, 0.29) is 5.56 Å². The van der Waals surface area contributed by atoms with Gasteiger partial charge in [-0.15, -0.1) is 0 Å². The summed E-state index contributed by atoms with van der Waals surface area (Å²) in [5.41, 5.74) is 0.200. The Bertz CT molecular complexity index is 748. The first-order valence-electron chi connectivity index (χ1n) is 5.01. The molecule has 1 aromatic carbocycles. The maximum Gasteiger partial charge on any atom is 0.300 e. The van der Waals surface area contributed by atoms with E-state index in [4.69, 9.17) is 4.55 Å². The van der Waals surface area contributed by atoms with Crippen molar-refractivity contribution in [2.75, 3.05) is 0 Å². The second-order valence-electron chi connectivity index (χ2n) is 4.08. The lowest BCUT2D eigenvalue weighted by molar-refractivity contribution is 0.150. The Morgan fingerprint density at radius 2 is 1.63 bits per heavy atom. The van der Waals surface area contributed by atoms with Crippen LogP contribution in [0, 0.1) is 0 Å². The van der Waals surface area contributed by atoms with Crippen LogP contribution in [0.2, 0.25) is 0 Å². The lowest BCUT2D eigenvalue weighted by atomic mass is 9.95. The molecule has 1 aromatic rings. The third kappa shape index (κ3) is 2.19. The molecule has 2 rings (SSSR count). The smallest absolute Gasteiger partial charge is 0.300 e. The third-order valence-corrected chi connectivity index (χ3v) is 5.42. The fraction of sp³-hybridized carbons (Fsp3) is 0.200. The molecule has 2 unspecified atom stereocenters. The maximum atomic E-state index is 11.4. The van der Waals surface area contributed by atoms with E-state index < -0.39 is 30.4 Å². The van der Waals surface area contributed by atoms with E-state index in [9.17, 15) is 26.5 Å². The highest BCUT2D eigenvalue weighted by Crippen LogP contribution is 2.42. The largest absolute Gasteiger partial charge is 0.368 e. The Morgan fingerprint density at radius 3 is 2.16 bits per heavy atom. The summed E-state index contributed by atoms with van der Waals surface area (Å²) in [5.74, 6) is 0. The van der Waals surface area contributed by atoms with Crippen LogP contribution in [-0.4, -0.2) is 36.0 Å². The molecule has 104 valence electrons. The molecule has 0 bridgehead atoms. The van der Waals surface area contributed by atoms with Crippen molar-refractivity contribution < 1.29 is 31.0 Å². The van der Waals surface area contributed by atoms with Crippen molar-refractivity contribution in [1.82, 2.24) is 0 Å². The average Bonchev–Trinajstić information content (AvgIpc) is 2.25. The van der Waals surface area contributed by atoms with E-state index in [0.717, 1.165) is 6.08 Å². The summed E-state index contributed by atoms with van der Waals surface area (Å²) in [5, 5.41) is 7.77. The van der Waals surface area contributed by atoms with Gasteiger partial charge in [-0.3, -0.25) is 9.11 Å². The topological polar surface area (TPSA) is 129 Å². The molecule has 0 saturated heterocycles. The monoisotopic (exact) mass is 306 g/mol. The number of rotatable bonds is 2. The van der Waals surface area contributed by atoms with E-state index in [2.05, 4.69) is 0 Å². The summed E-state index contributed by atoms with van der Waals surface area (Å²) in [6, 6.07) is 5.71. The number of fused-ring (bicyclic) bond motifs is 1. The van der Waals surface area contributed by atoms with Gasteiger partial charge in [0, 0.05) is 0 Å². The van der Waals surface area contributed by atoms with Crippen LogP contribution in [0.15, 0.2) is 30.3 Å². The molecule has 7 nitrogen and oxygen atoms in total. The average molecular weight is 306 g/mol. The van der Waals surface area contributed by atoms with Gasteiger partial charge < -0.3 is 5.11 Å². The van der Waals surface area contributed by atoms with Crippen LogP contribution in [0.3, 0.4) is 0 Å². The lowest BCUT2D eigenvalue weighted by Crippen LogP contribution is -2.47. The van der Waals surface area contributed by atoms with Crippen LogP contribution in [0.25, 0.3) is 6.08 Å². The highest BCUT2D eigenvalue weighted by Gasteiger charge is 2.55. The van der Waals surface area contributed by atoms with E-state index in [1.165, 1.54) is 18.2 Å². The van der Waals surface area contributed by atoms with Crippen molar-refractivity contribution >= 4 is 26.3 Å². The summed E-state index contributed by atoms with van der Waals surface area (Å²) in [7, 11) is -10.1. The van der Waals surface area contributed by atoms with Gasteiger partial charge in [-0.05, 0) is 17.2 Å². The van der Waals surface area contributed by atoms with Gasteiger partial charge in [-0.2, -0.15) is 16.8 Å². The summed E-state index contributed by atoms with van der Waals surface area (Å²) < 4.78 is 63.5. The fourth-order valence-electron chi connectivity index (χ4n) is 2.02. The summed E-state index contributed by atoms with van der Waals surface area (Å²) in [6.45, 7) is 0. The molecule has 1 aliphatic rings. The van der Waals surface area contributed by atoms with Gasteiger partial charge in [-0.25, -0.2) is 0 Å². The van der Waals surface area contributed by atoms with Gasteiger partial charge in [0.05, 0.1) is 0 Å². The van der Waals surface area contributed by atoms with E-state index >= 15 is 0 Å². The standard InChI is InChI=1S/C10H10O7S2/c11-10(19(15,16)17)6-5-7-3-1-2-4-8(7)9(10)18(12,13)14/h1-6,9,11H,(H,12,13,14)(H,15,16,17). The number of aliphatic hydroxyl groups is 1. The van der Waals surface area contributed by atoms with Gasteiger partial charge in [-0.1, -0.05) is 30.3 Å². The van der Waals surface area contributed by atoms with Crippen molar-refractivity contribution in [3.63, 3.8) is 0 Å². The maximum absolute atomic E-state index is 11.4. The highest BCUT2D eigenvalue weighted by molar-refractivity contribution is 7.90. The third-order valence-electron chi connectivity index (χ3n) is 2.87. The van der Waals surface area contributed by atoms with Crippen molar-refractivity contribution in [3.8, 4) is 0 Å². The Kier molecular flexibility index (Phi) is 3.07. The molecule has 0 aliphatic heterocycles. The minimum absolute atomic E-state index is 0.118. The minimum atomic E-state index is -5.17. The molecule has 0 heterocycles. The molecule has 0 amide bonds. The Labute approximate surface area is 109 Å². The van der Waals surface area contributed by atoms with Crippen molar-refractivity contribution in [3.05, 3.63) is 41.5 Å². The fourth-order valence-corrected chi connectivity index (χ4v) is 4.42. The molecular formula is C10H10O7S2. The molecule has 9 heteroatoms. The summed E-state index contributed by atoms with van der Waals surface area (Å²) >= 11 is 0. The first kappa shape index (κ1) is 14.2. The SMILES string of the molecule is O=S(=O)(O)C1c2ccccc2C=CC1(O)S(=O)(=O)O. The van der Waals surface area contributed by atoms with Crippen LogP contribution < -0.4 is 0 Å². The van der Waals surface area contributed by atoms with Gasteiger partial charge >= 0.3 is 10.1 Å². The van der Waals surface area contributed by atoms with Crippen LogP contribution >= 0.6 is 0 Å². The molecular weight excluding hydrogens is 296 g/mol. The Morgan fingerprint density at radius 1 is 1.05 bits per heavy atom. The molecule has 3 N–H and O–H groups in total. The highest BCUT2D eigenvalue weighted by atomic mass is 32.2. The van der Waals surface area contributed by atoms with Gasteiger partial charge in [0.1, 0.15) is 0 Å². The van der Waals surface area contributed by atoms with Crippen LogP contribution in [0.4, 0.5) is 0 Å². The second kappa shape index (κ2) is 4.12. The summed E-state index contributed by atoms with van der Waals surface area (Å²) in [4.78, 5) is -3.13. The van der Waals surface area contributed by atoms with Gasteiger partial charge in [0.15, 0.2) is 5.25 Å². The number of hydrogen-bond acceptors (Lipinski definition) is 5.